The van der Waals surface area contributed by atoms with Gasteiger partial charge in [-0.2, -0.15) is 0 Å². The molecular formula is C19H24FN3O. The molecule has 0 atom stereocenters. The van der Waals surface area contributed by atoms with E-state index in [0.717, 1.165) is 37.6 Å². The summed E-state index contributed by atoms with van der Waals surface area (Å²) < 4.78 is 12.9. The van der Waals surface area contributed by atoms with Crippen LogP contribution in [0, 0.1) is 5.82 Å². The molecule has 1 N–H and O–H groups in total. The van der Waals surface area contributed by atoms with Crippen molar-refractivity contribution in [1.29, 1.82) is 0 Å². The molecule has 3 rings (SSSR count). The number of likely N-dealkylation sites (N-methyl/N-ethyl adjacent to an activating group) is 1. The van der Waals surface area contributed by atoms with Gasteiger partial charge in [-0.15, -0.1) is 0 Å². The summed E-state index contributed by atoms with van der Waals surface area (Å²) in [6, 6.07) is 13.6. The molecule has 1 heterocycles. The van der Waals surface area contributed by atoms with Gasteiger partial charge in [-0.3, -0.25) is 4.79 Å². The van der Waals surface area contributed by atoms with Crippen molar-refractivity contribution >= 4 is 17.3 Å². The summed E-state index contributed by atoms with van der Waals surface area (Å²) in [7, 11) is 2.07. The van der Waals surface area contributed by atoms with Crippen molar-refractivity contribution in [3.63, 3.8) is 0 Å². The molecule has 0 aromatic heterocycles. The standard InChI is InChI=1S/C18H20FN3O.CH4/c1-21-10-12-22(13-11-21)18(23)14-2-6-16(7-3-14)20-17-8-4-15(19)5-9-17;/h2-9,20H,10-13H2,1H3;1H4. The minimum absolute atomic E-state index is 0. The van der Waals surface area contributed by atoms with Crippen molar-refractivity contribution in [2.45, 2.75) is 7.43 Å². The topological polar surface area (TPSA) is 35.6 Å². The Balaban J connectivity index is 0.00000208. The third kappa shape index (κ3) is 4.32. The van der Waals surface area contributed by atoms with Gasteiger partial charge in [0.1, 0.15) is 5.82 Å². The van der Waals surface area contributed by atoms with Crippen LogP contribution in [0.1, 0.15) is 17.8 Å². The zero-order valence-corrected chi connectivity index (χ0v) is 13.1. The zero-order valence-electron chi connectivity index (χ0n) is 13.1. The Morgan fingerprint density at radius 3 is 1.96 bits per heavy atom. The third-order valence-electron chi connectivity index (χ3n) is 4.06. The van der Waals surface area contributed by atoms with Crippen LogP contribution in [0.3, 0.4) is 0 Å². The highest BCUT2D eigenvalue weighted by Crippen LogP contribution is 2.18. The lowest BCUT2D eigenvalue weighted by atomic mass is 10.1. The number of nitrogens with one attached hydrogen (secondary N) is 1. The molecule has 0 saturated carbocycles. The fourth-order valence-corrected chi connectivity index (χ4v) is 2.59. The maximum atomic E-state index is 12.9. The molecule has 2 aromatic rings. The first kappa shape index (κ1) is 17.9. The van der Waals surface area contributed by atoms with E-state index in [1.807, 2.05) is 29.2 Å². The Labute approximate surface area is 142 Å². The predicted molar refractivity (Wildman–Crippen MR) is 96.3 cm³/mol. The largest absolute Gasteiger partial charge is 0.356 e. The average Bonchev–Trinajstić information content (AvgIpc) is 2.58. The summed E-state index contributed by atoms with van der Waals surface area (Å²) in [6.07, 6.45) is 0. The number of piperazine rings is 1. The van der Waals surface area contributed by atoms with Crippen LogP contribution in [-0.2, 0) is 0 Å². The number of rotatable bonds is 3. The summed E-state index contributed by atoms with van der Waals surface area (Å²) >= 11 is 0. The summed E-state index contributed by atoms with van der Waals surface area (Å²) in [5, 5.41) is 3.18. The molecule has 1 saturated heterocycles. The van der Waals surface area contributed by atoms with Crippen LogP contribution < -0.4 is 5.32 Å². The van der Waals surface area contributed by atoms with Crippen molar-refractivity contribution in [3.8, 4) is 0 Å². The quantitative estimate of drug-likeness (QED) is 0.935. The summed E-state index contributed by atoms with van der Waals surface area (Å²) in [5.41, 5.74) is 2.37. The molecule has 0 unspecified atom stereocenters. The average molecular weight is 329 g/mol. The number of hydrogen-bond acceptors (Lipinski definition) is 3. The van der Waals surface area contributed by atoms with E-state index in [-0.39, 0.29) is 19.2 Å². The number of nitrogens with zero attached hydrogens (tertiary/aromatic N) is 2. The molecule has 128 valence electrons. The molecule has 5 heteroatoms. The van der Waals surface area contributed by atoms with Gasteiger partial charge < -0.3 is 15.1 Å². The Kier molecular flexibility index (Phi) is 5.93. The lowest BCUT2D eigenvalue weighted by Crippen LogP contribution is -2.47. The Hall–Kier alpha value is -2.40. The van der Waals surface area contributed by atoms with Crippen molar-refractivity contribution in [1.82, 2.24) is 9.80 Å². The van der Waals surface area contributed by atoms with Gasteiger partial charge in [-0.25, -0.2) is 4.39 Å². The number of amides is 1. The van der Waals surface area contributed by atoms with Crippen LogP contribution in [0.4, 0.5) is 15.8 Å². The normalized spacial score (nSPS) is 14.8. The molecule has 1 fully saturated rings. The van der Waals surface area contributed by atoms with Gasteiger partial charge in [0, 0.05) is 43.1 Å². The van der Waals surface area contributed by atoms with E-state index in [0.29, 0.717) is 5.56 Å². The van der Waals surface area contributed by atoms with E-state index in [2.05, 4.69) is 17.3 Å². The second-order valence-corrected chi connectivity index (χ2v) is 5.80. The van der Waals surface area contributed by atoms with E-state index < -0.39 is 0 Å². The van der Waals surface area contributed by atoms with Gasteiger partial charge in [0.15, 0.2) is 0 Å². The highest BCUT2D eigenvalue weighted by atomic mass is 19.1. The van der Waals surface area contributed by atoms with Crippen LogP contribution >= 0.6 is 0 Å². The molecular weight excluding hydrogens is 305 g/mol. The number of benzene rings is 2. The summed E-state index contributed by atoms with van der Waals surface area (Å²) in [6.45, 7) is 3.36. The van der Waals surface area contributed by atoms with E-state index >= 15 is 0 Å². The summed E-state index contributed by atoms with van der Waals surface area (Å²) in [5.74, 6) is -0.185. The van der Waals surface area contributed by atoms with E-state index in [1.54, 1.807) is 12.1 Å². The lowest BCUT2D eigenvalue weighted by molar-refractivity contribution is 0.0664. The molecule has 24 heavy (non-hydrogen) atoms. The summed E-state index contributed by atoms with van der Waals surface area (Å²) in [4.78, 5) is 16.6. The predicted octanol–water partition coefficient (Wildman–Crippen LogP) is 3.59. The number of carbonyl (C=O) groups excluding carboxylic acids is 1. The third-order valence-corrected chi connectivity index (χ3v) is 4.06. The Morgan fingerprint density at radius 1 is 0.917 bits per heavy atom. The monoisotopic (exact) mass is 329 g/mol. The first-order valence-corrected chi connectivity index (χ1v) is 7.72. The molecule has 0 aliphatic carbocycles. The molecule has 2 aromatic carbocycles. The molecule has 1 aliphatic heterocycles. The van der Waals surface area contributed by atoms with Crippen LogP contribution in [0.25, 0.3) is 0 Å². The minimum atomic E-state index is -0.260. The van der Waals surface area contributed by atoms with Crippen LogP contribution in [-0.4, -0.2) is 48.9 Å². The molecule has 0 radical (unpaired) electrons. The maximum absolute atomic E-state index is 12.9. The minimum Gasteiger partial charge on any atom is -0.356 e. The van der Waals surface area contributed by atoms with Crippen molar-refractivity contribution < 1.29 is 9.18 Å². The van der Waals surface area contributed by atoms with Gasteiger partial charge in [0.05, 0.1) is 0 Å². The SMILES string of the molecule is C.CN1CCN(C(=O)c2ccc(Nc3ccc(F)cc3)cc2)CC1. The van der Waals surface area contributed by atoms with Crippen molar-refractivity contribution in [3.05, 3.63) is 59.9 Å². The molecule has 0 bridgehead atoms. The van der Waals surface area contributed by atoms with Gasteiger partial charge in [-0.1, -0.05) is 7.43 Å². The second-order valence-electron chi connectivity index (χ2n) is 5.80. The zero-order chi connectivity index (χ0) is 16.2. The van der Waals surface area contributed by atoms with Crippen molar-refractivity contribution in [2.75, 3.05) is 38.5 Å². The number of carbonyl (C=O) groups is 1. The first-order valence-electron chi connectivity index (χ1n) is 7.72. The fourth-order valence-electron chi connectivity index (χ4n) is 2.59. The highest BCUT2D eigenvalue weighted by molar-refractivity contribution is 5.94. The number of anilines is 2. The van der Waals surface area contributed by atoms with Gasteiger partial charge in [0.2, 0.25) is 0 Å². The van der Waals surface area contributed by atoms with Crippen molar-refractivity contribution in [2.24, 2.45) is 0 Å². The Morgan fingerprint density at radius 2 is 1.42 bits per heavy atom. The van der Waals surface area contributed by atoms with E-state index in [9.17, 15) is 9.18 Å². The maximum Gasteiger partial charge on any atom is 0.253 e. The van der Waals surface area contributed by atoms with E-state index in [4.69, 9.17) is 0 Å². The van der Waals surface area contributed by atoms with Gasteiger partial charge in [0.25, 0.3) is 5.91 Å². The molecule has 0 spiro atoms. The van der Waals surface area contributed by atoms with Crippen LogP contribution in [0.15, 0.2) is 48.5 Å². The van der Waals surface area contributed by atoms with Gasteiger partial charge >= 0.3 is 0 Å². The van der Waals surface area contributed by atoms with Gasteiger partial charge in [-0.05, 0) is 55.6 Å². The molecule has 1 aliphatic rings. The van der Waals surface area contributed by atoms with Crippen LogP contribution in [0.2, 0.25) is 0 Å². The fraction of sp³-hybridized carbons (Fsp3) is 0.316. The number of hydrogen-bond donors (Lipinski definition) is 1. The van der Waals surface area contributed by atoms with Crippen LogP contribution in [0.5, 0.6) is 0 Å². The Bertz CT molecular complexity index is 662. The lowest BCUT2D eigenvalue weighted by Gasteiger charge is -2.32. The highest BCUT2D eigenvalue weighted by Gasteiger charge is 2.20. The molecule has 1 amide bonds. The first-order chi connectivity index (χ1) is 11.1. The number of halogens is 1. The molecule has 4 nitrogen and oxygen atoms in total. The second kappa shape index (κ2) is 7.93. The smallest absolute Gasteiger partial charge is 0.253 e. The van der Waals surface area contributed by atoms with E-state index in [1.165, 1.54) is 12.1 Å².